The van der Waals surface area contributed by atoms with Gasteiger partial charge in [-0.05, 0) is 84.9 Å². The molecule has 4 heterocycles. The summed E-state index contributed by atoms with van der Waals surface area (Å²) in [6.45, 7) is 13.9. The van der Waals surface area contributed by atoms with Gasteiger partial charge >= 0.3 is 17.9 Å². The molecule has 88 heavy (non-hydrogen) atoms. The van der Waals surface area contributed by atoms with Crippen molar-refractivity contribution in [1.82, 2.24) is 0 Å². The second kappa shape index (κ2) is 25.7. The Kier molecular flexibility index (Phi) is 20.3. The van der Waals surface area contributed by atoms with Crippen molar-refractivity contribution in [1.29, 1.82) is 0 Å². The molecule has 8 fully saturated rings. The minimum absolute atomic E-state index is 0.0361. The maximum Gasteiger partial charge on any atom is 0.335 e. The second-order valence-corrected chi connectivity index (χ2v) is 28.4. The zero-order valence-electron chi connectivity index (χ0n) is 51.2. The van der Waals surface area contributed by atoms with Crippen molar-refractivity contribution in [3.05, 3.63) is 11.6 Å². The molecule has 14 N–H and O–H groups in total. The number of aliphatic hydroxyl groups is 13. The number of carbonyl (C=O) groups excluding carboxylic acids is 3. The normalized spacial score (nSPS) is 50.9. The standard InChI is InChI=1S/C60H94O28/c1-24(2)16-35(68)84-48-49(80-25(3)65)60(23-64)27(17-55(48,4)5)26-10-11-32-56(6)14-13-34(57(7,22-63)31(56)12-15-58(32,8)59(26,9)18-33(60)67)83-54-47(88-52-41(74)39(72)37(70)29(19-61)81-52)45(42(75)46(87-54)50(77)78)86-53-43(76)44(38(71)30(20-62)82-53)85-51-40(73)36(69)28(66)21-79-51/h10,22,24,27-34,36-49,51-54,61-62,64,66-67,69-76H,11-21,23H2,1-9H3,(H,77,78). The van der Waals surface area contributed by atoms with Gasteiger partial charge in [-0.25, -0.2) is 4.79 Å². The number of hydrogen-bond acceptors (Lipinski definition) is 27. The molecule has 28 nitrogen and oxygen atoms in total. The molecule has 502 valence electrons. The molecule has 0 radical (unpaired) electrons. The van der Waals surface area contributed by atoms with Gasteiger partial charge in [0, 0.05) is 18.8 Å². The molecule has 4 saturated heterocycles. The Labute approximate surface area is 509 Å². The van der Waals surface area contributed by atoms with E-state index in [0.29, 0.717) is 32.1 Å². The first kappa shape index (κ1) is 69.3. The molecule has 28 heteroatoms. The fourth-order valence-corrected chi connectivity index (χ4v) is 17.5. The molecule has 5 aliphatic carbocycles. The maximum atomic E-state index is 14.2. The number of carboxylic acid groups (broad SMARTS) is 1. The molecule has 9 rings (SSSR count). The van der Waals surface area contributed by atoms with E-state index in [4.69, 9.17) is 47.4 Å². The van der Waals surface area contributed by atoms with Gasteiger partial charge in [-0.3, -0.25) is 9.59 Å². The Balaban J connectivity index is 1.04. The number of carboxylic acids is 1. The molecule has 0 amide bonds. The van der Waals surface area contributed by atoms with Gasteiger partial charge in [0.1, 0.15) is 104 Å². The Morgan fingerprint density at radius 3 is 1.88 bits per heavy atom. The Morgan fingerprint density at radius 2 is 1.27 bits per heavy atom. The van der Waals surface area contributed by atoms with Crippen molar-refractivity contribution < 1.29 is 138 Å². The van der Waals surface area contributed by atoms with Crippen molar-refractivity contribution >= 4 is 24.2 Å². The number of ether oxygens (including phenoxy) is 10. The number of carbonyl (C=O) groups is 4. The van der Waals surface area contributed by atoms with Crippen molar-refractivity contribution in [3.8, 4) is 0 Å². The average molecular weight is 1260 g/mol. The number of aliphatic hydroxyl groups excluding tert-OH is 13. The van der Waals surface area contributed by atoms with Gasteiger partial charge in [-0.1, -0.05) is 67.0 Å². The Bertz CT molecular complexity index is 2540. The van der Waals surface area contributed by atoms with Crippen LogP contribution < -0.4 is 0 Å². The molecule has 31 atom stereocenters. The molecule has 4 saturated carbocycles. The monoisotopic (exact) mass is 1260 g/mol. The molecule has 0 aromatic carbocycles. The van der Waals surface area contributed by atoms with Crippen molar-refractivity contribution in [3.63, 3.8) is 0 Å². The van der Waals surface area contributed by atoms with Gasteiger partial charge in [0.05, 0.1) is 49.5 Å². The van der Waals surface area contributed by atoms with Gasteiger partial charge < -0.3 is 124 Å². The highest BCUT2D eigenvalue weighted by atomic mass is 16.8. The molecule has 0 aromatic heterocycles. The zero-order valence-corrected chi connectivity index (χ0v) is 51.2. The van der Waals surface area contributed by atoms with Crippen LogP contribution in [0.25, 0.3) is 0 Å². The van der Waals surface area contributed by atoms with Crippen molar-refractivity contribution in [2.24, 2.45) is 56.2 Å². The lowest BCUT2D eigenvalue weighted by Gasteiger charge is -2.72. The molecule has 9 aliphatic rings. The molecule has 0 bridgehead atoms. The summed E-state index contributed by atoms with van der Waals surface area (Å²) in [7, 11) is 0. The minimum Gasteiger partial charge on any atom is -0.479 e. The van der Waals surface area contributed by atoms with Gasteiger partial charge in [0.15, 0.2) is 31.3 Å². The van der Waals surface area contributed by atoms with Crippen LogP contribution in [0.3, 0.4) is 0 Å². The van der Waals surface area contributed by atoms with E-state index in [1.54, 1.807) is 6.92 Å². The molecular weight excluding hydrogens is 1170 g/mol. The van der Waals surface area contributed by atoms with Gasteiger partial charge in [0.2, 0.25) is 0 Å². The van der Waals surface area contributed by atoms with Crippen LogP contribution in [0.2, 0.25) is 0 Å². The van der Waals surface area contributed by atoms with Crippen LogP contribution in [-0.2, 0) is 66.5 Å². The van der Waals surface area contributed by atoms with Gasteiger partial charge in [0.25, 0.3) is 0 Å². The van der Waals surface area contributed by atoms with Crippen LogP contribution in [-0.4, -0.2) is 263 Å². The number of esters is 2. The highest BCUT2D eigenvalue weighted by molar-refractivity contribution is 5.73. The van der Waals surface area contributed by atoms with Gasteiger partial charge in [-0.15, -0.1) is 0 Å². The first-order chi connectivity index (χ1) is 41.1. The summed E-state index contributed by atoms with van der Waals surface area (Å²) in [4.78, 5) is 53.8. The summed E-state index contributed by atoms with van der Waals surface area (Å²) in [5, 5.41) is 155. The van der Waals surface area contributed by atoms with E-state index < -0.39 is 230 Å². The SMILES string of the molecule is CC(=O)OC1C(OC(=O)CC(C)C)C(C)(C)CC2C3=CCC4C5(C)CCC(OC6OC(C(=O)O)C(O)C(OC7OC(CO)C(O)C(OC8OCC(O)C(O)C8O)C7O)C6OC6OC(CO)C(O)C(O)C6O)C(C)(C=O)C5CCC4(C)C3(C)CC(O)C21CO. The lowest BCUT2D eigenvalue weighted by molar-refractivity contribution is -0.400. The molecule has 0 spiro atoms. The van der Waals surface area contributed by atoms with Gasteiger partial charge in [-0.2, -0.15) is 0 Å². The number of rotatable bonds is 17. The first-order valence-electron chi connectivity index (χ1n) is 30.8. The van der Waals surface area contributed by atoms with Crippen LogP contribution >= 0.6 is 0 Å². The quantitative estimate of drug-likeness (QED) is 0.0308. The Morgan fingerprint density at radius 1 is 0.659 bits per heavy atom. The molecule has 4 aliphatic heterocycles. The third-order valence-electron chi connectivity index (χ3n) is 22.4. The smallest absolute Gasteiger partial charge is 0.335 e. The van der Waals surface area contributed by atoms with E-state index in [0.717, 1.165) is 11.9 Å². The summed E-state index contributed by atoms with van der Waals surface area (Å²) < 4.78 is 60.2. The molecule has 31 unspecified atom stereocenters. The van der Waals surface area contributed by atoms with E-state index in [1.165, 1.54) is 6.92 Å². The number of aldehydes is 1. The number of aliphatic carboxylic acids is 1. The predicted octanol–water partition coefficient (Wildman–Crippen LogP) is -2.57. The van der Waals surface area contributed by atoms with E-state index in [1.807, 2.05) is 27.7 Å². The van der Waals surface area contributed by atoms with Crippen LogP contribution in [0.4, 0.5) is 0 Å². The highest BCUT2D eigenvalue weighted by Gasteiger charge is 2.74. The highest BCUT2D eigenvalue weighted by Crippen LogP contribution is 2.76. The van der Waals surface area contributed by atoms with Crippen LogP contribution in [0, 0.1) is 56.2 Å². The van der Waals surface area contributed by atoms with E-state index in [2.05, 4.69) is 26.8 Å². The molecular formula is C60H94O28. The van der Waals surface area contributed by atoms with Crippen LogP contribution in [0.15, 0.2) is 11.6 Å². The van der Waals surface area contributed by atoms with Crippen LogP contribution in [0.5, 0.6) is 0 Å². The van der Waals surface area contributed by atoms with Crippen molar-refractivity contribution in [2.75, 3.05) is 26.4 Å². The zero-order chi connectivity index (χ0) is 64.9. The molecule has 0 aromatic rings. The third kappa shape index (κ3) is 11.5. The summed E-state index contributed by atoms with van der Waals surface area (Å²) >= 11 is 0. The summed E-state index contributed by atoms with van der Waals surface area (Å²) in [6, 6.07) is 0. The van der Waals surface area contributed by atoms with Crippen LogP contribution in [0.1, 0.15) is 114 Å². The first-order valence-corrected chi connectivity index (χ1v) is 30.8. The Hall–Kier alpha value is -3.02. The largest absolute Gasteiger partial charge is 0.479 e. The number of hydrogen-bond donors (Lipinski definition) is 14. The third-order valence-corrected chi connectivity index (χ3v) is 22.4. The van der Waals surface area contributed by atoms with Crippen molar-refractivity contribution in [2.45, 2.75) is 255 Å². The summed E-state index contributed by atoms with van der Waals surface area (Å²) in [5.74, 6) is -4.19. The lowest BCUT2D eigenvalue weighted by Crippen LogP contribution is -2.72. The number of fused-ring (bicyclic) bond motifs is 7. The summed E-state index contributed by atoms with van der Waals surface area (Å²) in [6.07, 6.45) is -36.8. The minimum atomic E-state index is -2.34. The average Bonchev–Trinajstić information content (AvgIpc) is 0.686. The van der Waals surface area contributed by atoms with E-state index in [9.17, 15) is 90.7 Å². The fraction of sp³-hybridized carbons (Fsp3) is 0.900. The second-order valence-electron chi connectivity index (χ2n) is 28.4. The predicted molar refractivity (Wildman–Crippen MR) is 295 cm³/mol. The number of allylic oxidation sites excluding steroid dienone is 2. The maximum absolute atomic E-state index is 14.2. The van der Waals surface area contributed by atoms with E-state index >= 15 is 0 Å². The summed E-state index contributed by atoms with van der Waals surface area (Å²) in [5.41, 5.74) is -4.76. The lowest BCUT2D eigenvalue weighted by atomic mass is 9.33. The van der Waals surface area contributed by atoms with E-state index in [-0.39, 0.29) is 31.1 Å². The topological polar surface area (TPSA) is 444 Å². The fourth-order valence-electron chi connectivity index (χ4n) is 17.5.